The monoisotopic (exact) mass is 276 g/mol. The van der Waals surface area contributed by atoms with E-state index in [1.807, 2.05) is 6.07 Å². The predicted octanol–water partition coefficient (Wildman–Crippen LogP) is 1.39. The number of nitrogens with one attached hydrogen (secondary N) is 1. The Morgan fingerprint density at radius 2 is 1.95 bits per heavy atom. The molecule has 6 nitrogen and oxygen atoms in total. The highest BCUT2D eigenvalue weighted by atomic mass is 16.7. The minimum absolute atomic E-state index is 0.0954. The van der Waals surface area contributed by atoms with E-state index >= 15 is 0 Å². The summed E-state index contributed by atoms with van der Waals surface area (Å²) in [7, 11) is 1.38. The highest BCUT2D eigenvalue weighted by molar-refractivity contribution is 6.14. The Hall–Kier alpha value is -2.63. The van der Waals surface area contributed by atoms with Gasteiger partial charge in [0.25, 0.3) is 5.91 Å². The molecule has 1 N–H and O–H groups in total. The highest BCUT2D eigenvalue weighted by Crippen LogP contribution is 2.08. The van der Waals surface area contributed by atoms with Crippen LogP contribution in [-0.4, -0.2) is 36.9 Å². The molecule has 20 heavy (non-hydrogen) atoms. The van der Waals surface area contributed by atoms with Crippen molar-refractivity contribution in [2.75, 3.05) is 13.6 Å². The lowest BCUT2D eigenvalue weighted by molar-refractivity contribution is -0.160. The number of carbonyl (C=O) groups excluding carboxylic acids is 3. The summed E-state index contributed by atoms with van der Waals surface area (Å²) in [5.41, 5.74) is 0.612. The van der Waals surface area contributed by atoms with E-state index in [0.717, 1.165) is 5.06 Å². The second-order valence-electron chi connectivity index (χ2n) is 3.76. The van der Waals surface area contributed by atoms with E-state index in [4.69, 9.17) is 4.84 Å². The van der Waals surface area contributed by atoms with Crippen molar-refractivity contribution in [3.8, 4) is 0 Å². The molecule has 6 heteroatoms. The molecule has 0 aliphatic heterocycles. The second-order valence-corrected chi connectivity index (χ2v) is 3.76. The van der Waals surface area contributed by atoms with Crippen molar-refractivity contribution in [2.45, 2.75) is 6.92 Å². The topological polar surface area (TPSA) is 75.7 Å². The van der Waals surface area contributed by atoms with Gasteiger partial charge in [-0.05, 0) is 18.6 Å². The summed E-state index contributed by atoms with van der Waals surface area (Å²) in [6, 6.07) is 8.92. The fraction of sp³-hybridized carbons (Fsp3) is 0.214. The molecule has 0 spiro atoms. The first kappa shape index (κ1) is 15.4. The third kappa shape index (κ3) is 4.24. The SMILES string of the molecule is CCN(OC(=O)NC)C(=O)C(C=O)=Cc1ccccc1. The van der Waals surface area contributed by atoms with Crippen LogP contribution in [0, 0.1) is 0 Å². The number of likely N-dealkylation sites (N-methyl/N-ethyl adjacent to an activating group) is 1. The molecule has 0 fully saturated rings. The van der Waals surface area contributed by atoms with Gasteiger partial charge < -0.3 is 10.2 Å². The molecule has 0 saturated heterocycles. The average molecular weight is 276 g/mol. The lowest BCUT2D eigenvalue weighted by atomic mass is 10.1. The number of hydrogen-bond acceptors (Lipinski definition) is 4. The first-order chi connectivity index (χ1) is 9.62. The summed E-state index contributed by atoms with van der Waals surface area (Å²) < 4.78 is 0. The van der Waals surface area contributed by atoms with Gasteiger partial charge in [0.1, 0.15) is 0 Å². The van der Waals surface area contributed by atoms with Gasteiger partial charge in [-0.3, -0.25) is 9.59 Å². The van der Waals surface area contributed by atoms with Crippen molar-refractivity contribution >= 4 is 24.4 Å². The Kier molecular flexibility index (Phi) is 5.96. The van der Waals surface area contributed by atoms with Gasteiger partial charge in [-0.15, -0.1) is 0 Å². The number of hydrogen-bond donors (Lipinski definition) is 1. The van der Waals surface area contributed by atoms with Crippen LogP contribution in [0.1, 0.15) is 12.5 Å². The Bertz CT molecular complexity index is 511. The Balaban J connectivity index is 2.93. The Morgan fingerprint density at radius 3 is 2.45 bits per heavy atom. The van der Waals surface area contributed by atoms with E-state index in [9.17, 15) is 14.4 Å². The Labute approximate surface area is 117 Å². The van der Waals surface area contributed by atoms with Gasteiger partial charge in [-0.2, -0.15) is 5.06 Å². The predicted molar refractivity (Wildman–Crippen MR) is 73.4 cm³/mol. The van der Waals surface area contributed by atoms with Gasteiger partial charge in [0, 0.05) is 7.05 Å². The van der Waals surface area contributed by atoms with Gasteiger partial charge in [-0.25, -0.2) is 4.79 Å². The van der Waals surface area contributed by atoms with Crippen LogP contribution in [0.25, 0.3) is 6.08 Å². The molecule has 106 valence electrons. The number of carbonyl (C=O) groups is 3. The molecular weight excluding hydrogens is 260 g/mol. The molecule has 0 radical (unpaired) electrons. The number of nitrogens with zero attached hydrogens (tertiary/aromatic N) is 1. The molecule has 0 saturated carbocycles. The van der Waals surface area contributed by atoms with Gasteiger partial charge in [0.05, 0.1) is 12.1 Å². The molecule has 0 aliphatic carbocycles. The number of rotatable bonds is 4. The third-order valence-electron chi connectivity index (χ3n) is 2.41. The first-order valence-corrected chi connectivity index (χ1v) is 6.05. The van der Waals surface area contributed by atoms with Crippen molar-refractivity contribution in [2.24, 2.45) is 0 Å². The van der Waals surface area contributed by atoms with Gasteiger partial charge in [0.2, 0.25) is 0 Å². The van der Waals surface area contributed by atoms with Crippen LogP contribution in [0.4, 0.5) is 4.79 Å². The van der Waals surface area contributed by atoms with Gasteiger partial charge in [0.15, 0.2) is 6.29 Å². The average Bonchev–Trinajstić information content (AvgIpc) is 2.50. The van der Waals surface area contributed by atoms with Crippen molar-refractivity contribution < 1.29 is 19.2 Å². The molecule has 0 bridgehead atoms. The number of benzene rings is 1. The molecule has 2 amide bonds. The zero-order valence-corrected chi connectivity index (χ0v) is 11.3. The zero-order valence-electron chi connectivity index (χ0n) is 11.3. The molecular formula is C14H16N2O4. The fourth-order valence-electron chi connectivity index (χ4n) is 1.41. The van der Waals surface area contributed by atoms with Crippen LogP contribution < -0.4 is 5.32 Å². The third-order valence-corrected chi connectivity index (χ3v) is 2.41. The molecule has 0 aliphatic rings. The van der Waals surface area contributed by atoms with E-state index < -0.39 is 12.0 Å². The lowest BCUT2D eigenvalue weighted by Crippen LogP contribution is -2.37. The quantitative estimate of drug-likeness (QED) is 0.296. The van der Waals surface area contributed by atoms with E-state index in [1.54, 1.807) is 31.2 Å². The largest absolute Gasteiger partial charge is 0.431 e. The zero-order chi connectivity index (χ0) is 15.0. The molecule has 0 heterocycles. The Morgan fingerprint density at radius 1 is 1.30 bits per heavy atom. The summed E-state index contributed by atoms with van der Waals surface area (Å²) in [6.07, 6.45) is 1.10. The second kappa shape index (κ2) is 7.73. The van der Waals surface area contributed by atoms with E-state index in [0.29, 0.717) is 11.8 Å². The molecule has 0 atom stereocenters. The van der Waals surface area contributed by atoms with Crippen LogP contribution in [0.3, 0.4) is 0 Å². The normalized spacial score (nSPS) is 10.6. The molecule has 0 unspecified atom stereocenters. The van der Waals surface area contributed by atoms with Gasteiger partial charge in [-0.1, -0.05) is 30.3 Å². The maximum Gasteiger partial charge on any atom is 0.431 e. The molecule has 1 rings (SSSR count). The summed E-state index contributed by atoms with van der Waals surface area (Å²) in [6.45, 7) is 1.76. The van der Waals surface area contributed by atoms with Crippen LogP contribution in [0.15, 0.2) is 35.9 Å². The number of hydroxylamine groups is 2. The lowest BCUT2D eigenvalue weighted by Gasteiger charge is -2.18. The van der Waals surface area contributed by atoms with Crippen LogP contribution in [0.2, 0.25) is 0 Å². The van der Waals surface area contributed by atoms with E-state index in [2.05, 4.69) is 5.32 Å². The maximum absolute atomic E-state index is 12.1. The molecule has 1 aromatic carbocycles. The molecule has 0 aromatic heterocycles. The number of amides is 2. The summed E-state index contributed by atoms with van der Waals surface area (Å²) >= 11 is 0. The standard InChI is InChI=1S/C14H16N2O4/c1-3-16(20-14(19)15-2)13(18)12(10-17)9-11-7-5-4-6-8-11/h4-10H,3H2,1-2H3,(H,15,19). The van der Waals surface area contributed by atoms with Gasteiger partial charge >= 0.3 is 6.09 Å². The summed E-state index contributed by atoms with van der Waals surface area (Å²) in [4.78, 5) is 39.0. The first-order valence-electron chi connectivity index (χ1n) is 6.05. The maximum atomic E-state index is 12.1. The minimum Gasteiger partial charge on any atom is -0.323 e. The molecule has 1 aromatic rings. The van der Waals surface area contributed by atoms with Crippen molar-refractivity contribution in [1.29, 1.82) is 0 Å². The van der Waals surface area contributed by atoms with Crippen molar-refractivity contribution in [1.82, 2.24) is 10.4 Å². The van der Waals surface area contributed by atoms with Crippen molar-refractivity contribution in [3.63, 3.8) is 0 Å². The van der Waals surface area contributed by atoms with Crippen LogP contribution in [-0.2, 0) is 14.4 Å². The van der Waals surface area contributed by atoms with E-state index in [1.165, 1.54) is 13.1 Å². The summed E-state index contributed by atoms with van der Waals surface area (Å²) in [5.74, 6) is -0.671. The highest BCUT2D eigenvalue weighted by Gasteiger charge is 2.20. The van der Waals surface area contributed by atoms with Crippen LogP contribution in [0.5, 0.6) is 0 Å². The minimum atomic E-state index is -0.773. The van der Waals surface area contributed by atoms with Crippen molar-refractivity contribution in [3.05, 3.63) is 41.5 Å². The number of aldehydes is 1. The fourth-order valence-corrected chi connectivity index (χ4v) is 1.41. The summed E-state index contributed by atoms with van der Waals surface area (Å²) in [5, 5.41) is 3.05. The van der Waals surface area contributed by atoms with Crippen LogP contribution >= 0.6 is 0 Å². The smallest absolute Gasteiger partial charge is 0.323 e. The van der Waals surface area contributed by atoms with E-state index in [-0.39, 0.29) is 12.1 Å².